The summed E-state index contributed by atoms with van der Waals surface area (Å²) in [5.74, 6) is 0.394. The molecular weight excluding hydrogens is 331 g/mol. The number of hydrogen-bond acceptors (Lipinski definition) is 3. The van der Waals surface area contributed by atoms with E-state index in [1.54, 1.807) is 4.90 Å². The molecule has 2 aromatic carbocycles. The molecule has 0 bridgehead atoms. The first-order valence-corrected chi connectivity index (χ1v) is 9.12. The maximum atomic E-state index is 13.1. The molecule has 0 unspecified atom stereocenters. The molecule has 2 aromatic rings. The Morgan fingerprint density at radius 3 is 2.58 bits per heavy atom. The highest BCUT2D eigenvalue weighted by atomic mass is 19.1. The Morgan fingerprint density at radius 1 is 1.15 bits per heavy atom. The number of amides is 1. The zero-order valence-corrected chi connectivity index (χ0v) is 15.4. The normalized spacial score (nSPS) is 13.9. The van der Waals surface area contributed by atoms with E-state index in [0.29, 0.717) is 25.3 Å². The summed E-state index contributed by atoms with van der Waals surface area (Å²) in [6, 6.07) is 11.9. The van der Waals surface area contributed by atoms with Crippen molar-refractivity contribution in [3.63, 3.8) is 0 Å². The highest BCUT2D eigenvalue weighted by Gasteiger charge is 2.21. The average molecular weight is 356 g/mol. The van der Waals surface area contributed by atoms with Gasteiger partial charge in [0.15, 0.2) is 0 Å². The molecule has 26 heavy (non-hydrogen) atoms. The average Bonchev–Trinajstić information content (AvgIpc) is 2.88. The monoisotopic (exact) mass is 356 g/mol. The SMILES string of the molecule is CCN(CC)Cc1ccc2c(c1)CN(C(=O)c1ccc(F)cc1)CCO2. The molecule has 0 aromatic heterocycles. The van der Waals surface area contributed by atoms with Gasteiger partial charge in [-0.05, 0) is 55.1 Å². The van der Waals surface area contributed by atoms with Gasteiger partial charge in [0.1, 0.15) is 18.2 Å². The van der Waals surface area contributed by atoms with Crippen LogP contribution in [0.3, 0.4) is 0 Å². The Balaban J connectivity index is 1.79. The Kier molecular flexibility index (Phi) is 5.89. The minimum Gasteiger partial charge on any atom is -0.491 e. The largest absolute Gasteiger partial charge is 0.491 e. The highest BCUT2D eigenvalue weighted by Crippen LogP contribution is 2.26. The van der Waals surface area contributed by atoms with Gasteiger partial charge in [-0.1, -0.05) is 19.9 Å². The fourth-order valence-corrected chi connectivity index (χ4v) is 3.20. The lowest BCUT2D eigenvalue weighted by Crippen LogP contribution is -2.32. The predicted molar refractivity (Wildman–Crippen MR) is 99.7 cm³/mol. The van der Waals surface area contributed by atoms with Crippen LogP contribution in [0.5, 0.6) is 5.75 Å². The second-order valence-corrected chi connectivity index (χ2v) is 6.49. The molecule has 4 nitrogen and oxygen atoms in total. The molecule has 0 spiro atoms. The quantitative estimate of drug-likeness (QED) is 0.819. The van der Waals surface area contributed by atoms with Gasteiger partial charge in [-0.15, -0.1) is 0 Å². The van der Waals surface area contributed by atoms with Gasteiger partial charge in [-0.25, -0.2) is 4.39 Å². The third kappa shape index (κ3) is 4.22. The molecule has 0 fully saturated rings. The first-order chi connectivity index (χ1) is 12.6. The van der Waals surface area contributed by atoms with E-state index in [0.717, 1.165) is 30.9 Å². The van der Waals surface area contributed by atoms with Gasteiger partial charge in [0.05, 0.1) is 6.54 Å². The van der Waals surface area contributed by atoms with Crippen LogP contribution in [-0.2, 0) is 13.1 Å². The van der Waals surface area contributed by atoms with Crippen LogP contribution < -0.4 is 4.74 Å². The van der Waals surface area contributed by atoms with Gasteiger partial charge < -0.3 is 9.64 Å². The molecule has 0 radical (unpaired) electrons. The third-order valence-corrected chi connectivity index (χ3v) is 4.78. The van der Waals surface area contributed by atoms with E-state index in [1.165, 1.54) is 29.8 Å². The number of ether oxygens (including phenoxy) is 1. The number of rotatable bonds is 5. The molecule has 1 aliphatic rings. The molecular formula is C21H25FN2O2. The van der Waals surface area contributed by atoms with Gasteiger partial charge in [0.25, 0.3) is 5.91 Å². The van der Waals surface area contributed by atoms with Gasteiger partial charge in [0.2, 0.25) is 0 Å². The van der Waals surface area contributed by atoms with E-state index in [4.69, 9.17) is 4.74 Å². The van der Waals surface area contributed by atoms with Crippen molar-refractivity contribution in [3.8, 4) is 5.75 Å². The van der Waals surface area contributed by atoms with Crippen molar-refractivity contribution in [1.29, 1.82) is 0 Å². The summed E-state index contributed by atoms with van der Waals surface area (Å²) in [7, 11) is 0. The number of hydrogen-bond donors (Lipinski definition) is 0. The van der Waals surface area contributed by atoms with Crippen LogP contribution in [0.15, 0.2) is 42.5 Å². The second-order valence-electron chi connectivity index (χ2n) is 6.49. The van der Waals surface area contributed by atoms with E-state index in [-0.39, 0.29) is 11.7 Å². The molecule has 1 heterocycles. The predicted octanol–water partition coefficient (Wildman–Crippen LogP) is 3.70. The molecule has 0 atom stereocenters. The summed E-state index contributed by atoms with van der Waals surface area (Å²) < 4.78 is 18.9. The summed E-state index contributed by atoms with van der Waals surface area (Å²) in [5, 5.41) is 0. The summed E-state index contributed by atoms with van der Waals surface area (Å²) in [6.45, 7) is 8.65. The van der Waals surface area contributed by atoms with Crippen LogP contribution in [0.4, 0.5) is 4.39 Å². The number of carbonyl (C=O) groups excluding carboxylic acids is 1. The maximum Gasteiger partial charge on any atom is 0.254 e. The molecule has 138 valence electrons. The molecule has 1 amide bonds. The Hall–Kier alpha value is -2.40. The van der Waals surface area contributed by atoms with Crippen molar-refractivity contribution >= 4 is 5.91 Å². The van der Waals surface area contributed by atoms with Crippen LogP contribution in [0, 0.1) is 5.82 Å². The van der Waals surface area contributed by atoms with Gasteiger partial charge in [-0.3, -0.25) is 9.69 Å². The lowest BCUT2D eigenvalue weighted by Gasteiger charge is -2.21. The third-order valence-electron chi connectivity index (χ3n) is 4.78. The van der Waals surface area contributed by atoms with Crippen LogP contribution in [0.25, 0.3) is 0 Å². The van der Waals surface area contributed by atoms with Crippen molar-refractivity contribution in [1.82, 2.24) is 9.80 Å². The number of halogens is 1. The molecule has 3 rings (SSSR count). The first-order valence-electron chi connectivity index (χ1n) is 9.12. The zero-order valence-electron chi connectivity index (χ0n) is 15.4. The summed E-state index contributed by atoms with van der Waals surface area (Å²) >= 11 is 0. The van der Waals surface area contributed by atoms with Gasteiger partial charge >= 0.3 is 0 Å². The fraction of sp³-hybridized carbons (Fsp3) is 0.381. The van der Waals surface area contributed by atoms with Crippen LogP contribution in [-0.4, -0.2) is 41.9 Å². The Bertz CT molecular complexity index is 757. The first kappa shape index (κ1) is 18.4. The molecule has 5 heteroatoms. The van der Waals surface area contributed by atoms with E-state index in [2.05, 4.69) is 30.9 Å². The summed E-state index contributed by atoms with van der Waals surface area (Å²) in [4.78, 5) is 16.9. The van der Waals surface area contributed by atoms with Crippen molar-refractivity contribution < 1.29 is 13.9 Å². The van der Waals surface area contributed by atoms with E-state index in [1.807, 2.05) is 6.07 Å². The molecule has 0 aliphatic carbocycles. The second kappa shape index (κ2) is 8.32. The lowest BCUT2D eigenvalue weighted by molar-refractivity contribution is 0.0733. The minimum absolute atomic E-state index is 0.101. The van der Waals surface area contributed by atoms with Crippen LogP contribution in [0.1, 0.15) is 35.3 Å². The Morgan fingerprint density at radius 2 is 1.88 bits per heavy atom. The minimum atomic E-state index is -0.341. The fourth-order valence-electron chi connectivity index (χ4n) is 3.20. The van der Waals surface area contributed by atoms with Crippen molar-refractivity contribution in [2.75, 3.05) is 26.2 Å². The Labute approximate surface area is 154 Å². The maximum absolute atomic E-state index is 13.1. The van der Waals surface area contributed by atoms with Crippen molar-refractivity contribution in [2.24, 2.45) is 0 Å². The molecule has 1 aliphatic heterocycles. The highest BCUT2D eigenvalue weighted by molar-refractivity contribution is 5.94. The number of carbonyl (C=O) groups is 1. The molecule has 0 saturated carbocycles. The topological polar surface area (TPSA) is 32.8 Å². The molecule has 0 saturated heterocycles. The standard InChI is InChI=1S/C21H25FN2O2/c1-3-23(4-2)14-16-5-10-20-18(13-16)15-24(11-12-26-20)21(25)17-6-8-19(22)9-7-17/h5-10,13H,3-4,11-12,14-15H2,1-2H3. The van der Waals surface area contributed by atoms with Crippen LogP contribution in [0.2, 0.25) is 0 Å². The lowest BCUT2D eigenvalue weighted by atomic mass is 10.1. The van der Waals surface area contributed by atoms with Gasteiger partial charge in [0, 0.05) is 24.2 Å². The van der Waals surface area contributed by atoms with E-state index < -0.39 is 0 Å². The van der Waals surface area contributed by atoms with Gasteiger partial charge in [-0.2, -0.15) is 0 Å². The smallest absolute Gasteiger partial charge is 0.254 e. The number of fused-ring (bicyclic) bond motifs is 1. The van der Waals surface area contributed by atoms with E-state index >= 15 is 0 Å². The van der Waals surface area contributed by atoms with E-state index in [9.17, 15) is 9.18 Å². The summed E-state index contributed by atoms with van der Waals surface area (Å²) in [5.41, 5.74) is 2.73. The van der Waals surface area contributed by atoms with Crippen LogP contribution >= 0.6 is 0 Å². The summed E-state index contributed by atoms with van der Waals surface area (Å²) in [6.07, 6.45) is 0. The number of benzene rings is 2. The number of nitrogens with zero attached hydrogens (tertiary/aromatic N) is 2. The molecule has 0 N–H and O–H groups in total. The van der Waals surface area contributed by atoms with Crippen molar-refractivity contribution in [2.45, 2.75) is 26.9 Å². The zero-order chi connectivity index (χ0) is 18.5. The van der Waals surface area contributed by atoms with Crippen molar-refractivity contribution in [3.05, 3.63) is 65.0 Å².